The molecule has 3 nitrogen and oxygen atoms in total. The molecule has 1 atom stereocenters. The lowest BCUT2D eigenvalue weighted by Gasteiger charge is -2.13. The van der Waals surface area contributed by atoms with E-state index in [-0.39, 0.29) is 0 Å². The van der Waals surface area contributed by atoms with Gasteiger partial charge in [-0.25, -0.2) is 0 Å². The maximum atomic E-state index is 10.00. The van der Waals surface area contributed by atoms with Crippen LogP contribution in [0, 0.1) is 5.92 Å². The van der Waals surface area contributed by atoms with Crippen molar-refractivity contribution >= 4 is 6.41 Å². The van der Waals surface area contributed by atoms with Gasteiger partial charge in [-0.2, -0.15) is 0 Å². The molecule has 0 fully saturated rings. The number of carbonyl (C=O) groups excluding carboxylic acids is 1. The van der Waals surface area contributed by atoms with Crippen molar-refractivity contribution in [2.75, 3.05) is 19.8 Å². The van der Waals surface area contributed by atoms with E-state index >= 15 is 0 Å². The molecule has 1 N–H and O–H groups in total. The van der Waals surface area contributed by atoms with Gasteiger partial charge in [-0.05, 0) is 25.7 Å². The Kier molecular flexibility index (Phi) is 9.10. The molecule has 3 heteroatoms. The average molecular weight is 187 g/mol. The summed E-state index contributed by atoms with van der Waals surface area (Å²) in [4.78, 5) is 10.00. The second kappa shape index (κ2) is 9.52. The van der Waals surface area contributed by atoms with Crippen LogP contribution in [0.1, 0.15) is 33.1 Å². The van der Waals surface area contributed by atoms with Gasteiger partial charge in [-0.1, -0.05) is 13.3 Å². The Morgan fingerprint density at radius 3 is 2.69 bits per heavy atom. The summed E-state index contributed by atoms with van der Waals surface area (Å²) < 4.78 is 5.28. The van der Waals surface area contributed by atoms with Gasteiger partial charge in [0.2, 0.25) is 6.41 Å². The molecule has 1 amide bonds. The molecule has 0 aliphatic heterocycles. The van der Waals surface area contributed by atoms with E-state index in [1.54, 1.807) is 0 Å². The molecule has 0 aromatic rings. The zero-order valence-corrected chi connectivity index (χ0v) is 8.71. The van der Waals surface area contributed by atoms with Crippen LogP contribution in [0.15, 0.2) is 0 Å². The summed E-state index contributed by atoms with van der Waals surface area (Å²) in [5.41, 5.74) is 0. The summed E-state index contributed by atoms with van der Waals surface area (Å²) >= 11 is 0. The van der Waals surface area contributed by atoms with Crippen LogP contribution in [0.4, 0.5) is 0 Å². The predicted molar refractivity (Wildman–Crippen MR) is 53.6 cm³/mol. The van der Waals surface area contributed by atoms with Gasteiger partial charge >= 0.3 is 0 Å². The molecule has 0 aromatic heterocycles. The Morgan fingerprint density at radius 2 is 2.15 bits per heavy atom. The van der Waals surface area contributed by atoms with Crippen LogP contribution in [0.3, 0.4) is 0 Å². The first-order valence-corrected chi connectivity index (χ1v) is 5.09. The standard InChI is InChI=1S/C10H21NO2/c1-3-10(5-7-11-9-12)6-8-13-4-2/h9-10H,3-8H2,1-2H3,(H,11,12). The topological polar surface area (TPSA) is 38.3 Å². The van der Waals surface area contributed by atoms with E-state index in [1.807, 2.05) is 6.92 Å². The summed E-state index contributed by atoms with van der Waals surface area (Å²) in [6.07, 6.45) is 4.08. The summed E-state index contributed by atoms with van der Waals surface area (Å²) in [5, 5.41) is 2.68. The van der Waals surface area contributed by atoms with Gasteiger partial charge < -0.3 is 10.1 Å². The highest BCUT2D eigenvalue weighted by Gasteiger charge is 2.04. The molecule has 0 heterocycles. The Balaban J connectivity index is 3.33. The molecule has 1 unspecified atom stereocenters. The minimum atomic E-state index is 0.680. The molecule has 0 spiro atoms. The van der Waals surface area contributed by atoms with E-state index in [0.29, 0.717) is 5.92 Å². The Bertz CT molecular complexity index is 117. The molecule has 0 aliphatic rings. The van der Waals surface area contributed by atoms with Gasteiger partial charge in [0, 0.05) is 19.8 Å². The van der Waals surface area contributed by atoms with Gasteiger partial charge in [-0.15, -0.1) is 0 Å². The highest BCUT2D eigenvalue weighted by atomic mass is 16.5. The highest BCUT2D eigenvalue weighted by Crippen LogP contribution is 2.11. The van der Waals surface area contributed by atoms with Crippen LogP contribution in [0.2, 0.25) is 0 Å². The van der Waals surface area contributed by atoms with Crippen molar-refractivity contribution in [1.29, 1.82) is 0 Å². The zero-order chi connectivity index (χ0) is 9.94. The van der Waals surface area contributed by atoms with Crippen molar-refractivity contribution in [1.82, 2.24) is 5.32 Å². The van der Waals surface area contributed by atoms with Crippen molar-refractivity contribution in [3.63, 3.8) is 0 Å². The molecular formula is C10H21NO2. The predicted octanol–water partition coefficient (Wildman–Crippen LogP) is 1.58. The van der Waals surface area contributed by atoms with Gasteiger partial charge in [0.05, 0.1) is 0 Å². The number of hydrogen-bond acceptors (Lipinski definition) is 2. The smallest absolute Gasteiger partial charge is 0.207 e. The van der Waals surface area contributed by atoms with Crippen LogP contribution in [-0.4, -0.2) is 26.2 Å². The highest BCUT2D eigenvalue weighted by molar-refractivity contribution is 5.45. The van der Waals surface area contributed by atoms with Crippen LogP contribution in [0.25, 0.3) is 0 Å². The molecule has 0 saturated heterocycles. The van der Waals surface area contributed by atoms with Crippen LogP contribution in [0.5, 0.6) is 0 Å². The largest absolute Gasteiger partial charge is 0.382 e. The van der Waals surface area contributed by atoms with Crippen LogP contribution < -0.4 is 5.32 Å². The Hall–Kier alpha value is -0.570. The van der Waals surface area contributed by atoms with Gasteiger partial charge in [0.25, 0.3) is 0 Å². The van der Waals surface area contributed by atoms with Crippen molar-refractivity contribution in [3.8, 4) is 0 Å². The molecule has 0 radical (unpaired) electrons. The number of ether oxygens (including phenoxy) is 1. The third-order valence-corrected chi connectivity index (χ3v) is 2.23. The molecule has 78 valence electrons. The van der Waals surface area contributed by atoms with Crippen molar-refractivity contribution in [2.45, 2.75) is 33.1 Å². The van der Waals surface area contributed by atoms with Gasteiger partial charge in [-0.3, -0.25) is 4.79 Å². The minimum absolute atomic E-state index is 0.680. The van der Waals surface area contributed by atoms with Crippen LogP contribution >= 0.6 is 0 Å². The molecular weight excluding hydrogens is 166 g/mol. The van der Waals surface area contributed by atoms with Crippen molar-refractivity contribution < 1.29 is 9.53 Å². The van der Waals surface area contributed by atoms with Crippen molar-refractivity contribution in [3.05, 3.63) is 0 Å². The lowest BCUT2D eigenvalue weighted by atomic mass is 9.99. The summed E-state index contributed by atoms with van der Waals surface area (Å²) in [7, 11) is 0. The van der Waals surface area contributed by atoms with E-state index in [0.717, 1.165) is 45.4 Å². The fourth-order valence-corrected chi connectivity index (χ4v) is 1.29. The fourth-order valence-electron chi connectivity index (χ4n) is 1.29. The number of nitrogens with one attached hydrogen (secondary N) is 1. The van der Waals surface area contributed by atoms with Crippen LogP contribution in [-0.2, 0) is 9.53 Å². The Morgan fingerprint density at radius 1 is 1.38 bits per heavy atom. The molecule has 0 bridgehead atoms. The van der Waals surface area contributed by atoms with E-state index < -0.39 is 0 Å². The quantitative estimate of drug-likeness (QED) is 0.439. The fraction of sp³-hybridized carbons (Fsp3) is 0.900. The van der Waals surface area contributed by atoms with Crippen molar-refractivity contribution in [2.24, 2.45) is 5.92 Å². The maximum absolute atomic E-state index is 10.00. The van der Waals surface area contributed by atoms with E-state index in [9.17, 15) is 4.79 Å². The second-order valence-electron chi connectivity index (χ2n) is 3.12. The van der Waals surface area contributed by atoms with E-state index in [1.165, 1.54) is 0 Å². The third-order valence-electron chi connectivity index (χ3n) is 2.23. The first kappa shape index (κ1) is 12.4. The molecule has 13 heavy (non-hydrogen) atoms. The monoisotopic (exact) mass is 187 g/mol. The number of rotatable bonds is 9. The molecule has 0 aliphatic carbocycles. The number of amides is 1. The molecule has 0 aromatic carbocycles. The van der Waals surface area contributed by atoms with E-state index in [4.69, 9.17) is 4.74 Å². The second-order valence-corrected chi connectivity index (χ2v) is 3.12. The van der Waals surface area contributed by atoms with Gasteiger partial charge in [0.1, 0.15) is 0 Å². The van der Waals surface area contributed by atoms with Gasteiger partial charge in [0.15, 0.2) is 0 Å². The van der Waals surface area contributed by atoms with E-state index in [2.05, 4.69) is 12.2 Å². The summed E-state index contributed by atoms with van der Waals surface area (Å²) in [5.74, 6) is 0.680. The molecule has 0 rings (SSSR count). The minimum Gasteiger partial charge on any atom is -0.382 e. The first-order valence-electron chi connectivity index (χ1n) is 5.09. The third kappa shape index (κ3) is 7.78. The molecule has 0 saturated carbocycles. The average Bonchev–Trinajstić information content (AvgIpc) is 2.16. The maximum Gasteiger partial charge on any atom is 0.207 e. The number of hydrogen-bond donors (Lipinski definition) is 1. The lowest BCUT2D eigenvalue weighted by Crippen LogP contribution is -2.16. The normalized spacial score (nSPS) is 12.5. The first-order chi connectivity index (χ1) is 6.35. The SMILES string of the molecule is CCOCCC(CC)CCNC=O. The number of carbonyl (C=O) groups is 1. The summed E-state index contributed by atoms with van der Waals surface area (Å²) in [6.45, 7) is 6.61. The lowest BCUT2D eigenvalue weighted by molar-refractivity contribution is -0.109. The Labute approximate surface area is 80.8 Å². The zero-order valence-electron chi connectivity index (χ0n) is 8.71. The summed E-state index contributed by atoms with van der Waals surface area (Å²) in [6, 6.07) is 0.